The SMILES string of the molecule is Cc1cc(C)cc([C@H](C2CCCCC2)N2CCNCC2)c1.Cl.Cl. The standard InChI is InChI=1S/C19H30N2.2ClH/c1-15-12-16(2)14-18(13-15)19(17-6-4-3-5-7-17)21-10-8-20-9-11-21;;/h12-14,17,19-20H,3-11H2,1-2H3;2*1H/t19-;;/m0../s1. The Morgan fingerprint density at radius 2 is 1.48 bits per heavy atom. The number of rotatable bonds is 3. The molecule has 1 aliphatic heterocycles. The van der Waals surface area contributed by atoms with Crippen LogP contribution in [0.3, 0.4) is 0 Å². The summed E-state index contributed by atoms with van der Waals surface area (Å²) < 4.78 is 0. The monoisotopic (exact) mass is 358 g/mol. The summed E-state index contributed by atoms with van der Waals surface area (Å²) in [5.41, 5.74) is 4.41. The molecule has 0 bridgehead atoms. The minimum absolute atomic E-state index is 0. The Balaban J connectivity index is 0.00000132. The molecule has 0 spiro atoms. The molecule has 1 aromatic rings. The lowest BCUT2D eigenvalue weighted by atomic mass is 9.79. The van der Waals surface area contributed by atoms with Crippen molar-refractivity contribution in [2.75, 3.05) is 26.2 Å². The number of halogens is 2. The van der Waals surface area contributed by atoms with E-state index in [9.17, 15) is 0 Å². The first kappa shape index (κ1) is 20.8. The highest BCUT2D eigenvalue weighted by Gasteiger charge is 2.30. The van der Waals surface area contributed by atoms with Gasteiger partial charge in [0.05, 0.1) is 0 Å². The first-order chi connectivity index (χ1) is 10.2. The van der Waals surface area contributed by atoms with Crippen molar-refractivity contribution < 1.29 is 0 Å². The predicted molar refractivity (Wildman–Crippen MR) is 104 cm³/mol. The van der Waals surface area contributed by atoms with Gasteiger partial charge in [-0.05, 0) is 38.2 Å². The average molecular weight is 359 g/mol. The van der Waals surface area contributed by atoms with Gasteiger partial charge in [-0.25, -0.2) is 0 Å². The predicted octanol–water partition coefficient (Wildman–Crippen LogP) is 4.67. The third-order valence-electron chi connectivity index (χ3n) is 5.23. The molecular weight excluding hydrogens is 327 g/mol. The number of hydrogen-bond donors (Lipinski definition) is 1. The van der Waals surface area contributed by atoms with Crippen molar-refractivity contribution in [1.29, 1.82) is 0 Å². The molecule has 0 radical (unpaired) electrons. The Kier molecular flexibility index (Phi) is 8.92. The summed E-state index contributed by atoms with van der Waals surface area (Å²) >= 11 is 0. The van der Waals surface area contributed by atoms with Crippen molar-refractivity contribution in [3.63, 3.8) is 0 Å². The molecular formula is C19H32Cl2N2. The van der Waals surface area contributed by atoms with E-state index >= 15 is 0 Å². The van der Waals surface area contributed by atoms with E-state index in [4.69, 9.17) is 0 Å². The Bertz CT molecular complexity index is 428. The lowest BCUT2D eigenvalue weighted by molar-refractivity contribution is 0.103. The zero-order chi connectivity index (χ0) is 14.7. The zero-order valence-corrected chi connectivity index (χ0v) is 16.1. The number of hydrogen-bond acceptors (Lipinski definition) is 2. The Morgan fingerprint density at radius 1 is 0.913 bits per heavy atom. The summed E-state index contributed by atoms with van der Waals surface area (Å²) in [5.74, 6) is 0.859. The van der Waals surface area contributed by atoms with Gasteiger partial charge in [-0.3, -0.25) is 4.90 Å². The summed E-state index contributed by atoms with van der Waals surface area (Å²) in [4.78, 5) is 2.75. The highest BCUT2D eigenvalue weighted by atomic mass is 35.5. The number of nitrogens with zero attached hydrogens (tertiary/aromatic N) is 1. The van der Waals surface area contributed by atoms with Gasteiger partial charge in [0.1, 0.15) is 0 Å². The van der Waals surface area contributed by atoms with E-state index in [1.165, 1.54) is 56.3 Å². The van der Waals surface area contributed by atoms with E-state index in [-0.39, 0.29) is 24.8 Å². The minimum atomic E-state index is 0. The topological polar surface area (TPSA) is 15.3 Å². The summed E-state index contributed by atoms with van der Waals surface area (Å²) in [5, 5.41) is 3.51. The molecule has 23 heavy (non-hydrogen) atoms. The van der Waals surface area contributed by atoms with Crippen LogP contribution in [-0.2, 0) is 0 Å². The zero-order valence-electron chi connectivity index (χ0n) is 14.5. The second kappa shape index (κ2) is 9.88. The van der Waals surface area contributed by atoms with Crippen LogP contribution in [0.4, 0.5) is 0 Å². The molecule has 1 atom stereocenters. The van der Waals surface area contributed by atoms with Crippen molar-refractivity contribution in [3.8, 4) is 0 Å². The quantitative estimate of drug-likeness (QED) is 0.843. The summed E-state index contributed by atoms with van der Waals surface area (Å²) in [6.07, 6.45) is 7.14. The van der Waals surface area contributed by atoms with Crippen molar-refractivity contribution in [2.24, 2.45) is 5.92 Å². The van der Waals surface area contributed by atoms with Crippen LogP contribution in [0, 0.1) is 19.8 Å². The van der Waals surface area contributed by atoms with Crippen molar-refractivity contribution >= 4 is 24.8 Å². The molecule has 0 unspecified atom stereocenters. The van der Waals surface area contributed by atoms with Crippen molar-refractivity contribution in [1.82, 2.24) is 10.2 Å². The third-order valence-corrected chi connectivity index (χ3v) is 5.23. The van der Waals surface area contributed by atoms with Crippen LogP contribution in [-0.4, -0.2) is 31.1 Å². The lowest BCUT2D eigenvalue weighted by Gasteiger charge is -2.41. The molecule has 2 fully saturated rings. The summed E-state index contributed by atoms with van der Waals surface area (Å²) in [6, 6.07) is 7.83. The van der Waals surface area contributed by atoms with Crippen LogP contribution < -0.4 is 5.32 Å². The van der Waals surface area contributed by atoms with Crippen LogP contribution in [0.5, 0.6) is 0 Å². The maximum Gasteiger partial charge on any atom is 0.0377 e. The molecule has 1 saturated carbocycles. The van der Waals surface area contributed by atoms with Crippen molar-refractivity contribution in [3.05, 3.63) is 34.9 Å². The van der Waals surface area contributed by atoms with Gasteiger partial charge >= 0.3 is 0 Å². The first-order valence-corrected chi connectivity index (χ1v) is 8.77. The molecule has 2 nitrogen and oxygen atoms in total. The molecule has 132 valence electrons. The molecule has 1 saturated heterocycles. The number of aryl methyl sites for hydroxylation is 2. The Morgan fingerprint density at radius 3 is 2.04 bits per heavy atom. The van der Waals surface area contributed by atoms with Gasteiger partial charge < -0.3 is 5.32 Å². The number of benzene rings is 1. The van der Waals surface area contributed by atoms with Gasteiger partial charge in [-0.2, -0.15) is 0 Å². The number of nitrogens with one attached hydrogen (secondary N) is 1. The first-order valence-electron chi connectivity index (χ1n) is 8.77. The van der Waals surface area contributed by atoms with E-state index in [1.807, 2.05) is 0 Å². The van der Waals surface area contributed by atoms with E-state index in [0.29, 0.717) is 6.04 Å². The second-order valence-corrected chi connectivity index (χ2v) is 7.05. The van der Waals surface area contributed by atoms with Gasteiger partial charge in [0, 0.05) is 32.2 Å². The summed E-state index contributed by atoms with van der Waals surface area (Å²) in [6.45, 7) is 9.18. The highest BCUT2D eigenvalue weighted by molar-refractivity contribution is 5.85. The van der Waals surface area contributed by atoms with E-state index in [0.717, 1.165) is 19.0 Å². The third kappa shape index (κ3) is 5.35. The van der Waals surface area contributed by atoms with Crippen LogP contribution >= 0.6 is 24.8 Å². The molecule has 4 heteroatoms. The molecule has 3 rings (SSSR count). The molecule has 1 N–H and O–H groups in total. The fraction of sp³-hybridized carbons (Fsp3) is 0.684. The Labute approximate surface area is 154 Å². The van der Waals surface area contributed by atoms with Crippen LogP contribution in [0.25, 0.3) is 0 Å². The molecule has 1 heterocycles. The van der Waals surface area contributed by atoms with E-state index < -0.39 is 0 Å². The average Bonchev–Trinajstić information content (AvgIpc) is 2.49. The molecule has 0 aromatic heterocycles. The summed E-state index contributed by atoms with van der Waals surface area (Å²) in [7, 11) is 0. The Hall–Kier alpha value is -0.280. The lowest BCUT2D eigenvalue weighted by Crippen LogP contribution is -2.47. The van der Waals surface area contributed by atoms with E-state index in [2.05, 4.69) is 42.3 Å². The normalized spacial score (nSPS) is 21.1. The molecule has 0 amide bonds. The fourth-order valence-corrected chi connectivity index (χ4v) is 4.37. The smallest absolute Gasteiger partial charge is 0.0377 e. The molecule has 2 aliphatic rings. The van der Waals surface area contributed by atoms with Gasteiger partial charge in [0.2, 0.25) is 0 Å². The van der Waals surface area contributed by atoms with Crippen LogP contribution in [0.2, 0.25) is 0 Å². The van der Waals surface area contributed by atoms with Gasteiger partial charge in [-0.15, -0.1) is 24.8 Å². The second-order valence-electron chi connectivity index (χ2n) is 7.05. The fourth-order valence-electron chi connectivity index (χ4n) is 4.37. The largest absolute Gasteiger partial charge is 0.314 e. The highest BCUT2D eigenvalue weighted by Crippen LogP contribution is 2.39. The number of piperazine rings is 1. The van der Waals surface area contributed by atoms with Crippen LogP contribution in [0.1, 0.15) is 54.8 Å². The maximum atomic E-state index is 3.51. The van der Waals surface area contributed by atoms with E-state index in [1.54, 1.807) is 5.56 Å². The van der Waals surface area contributed by atoms with Crippen molar-refractivity contribution in [2.45, 2.75) is 52.0 Å². The van der Waals surface area contributed by atoms with Gasteiger partial charge in [0.15, 0.2) is 0 Å². The molecule has 1 aliphatic carbocycles. The van der Waals surface area contributed by atoms with Gasteiger partial charge in [-0.1, -0.05) is 48.6 Å². The molecule has 1 aromatic carbocycles. The maximum absolute atomic E-state index is 3.51. The van der Waals surface area contributed by atoms with Crippen LogP contribution in [0.15, 0.2) is 18.2 Å². The van der Waals surface area contributed by atoms with Gasteiger partial charge in [0.25, 0.3) is 0 Å². The minimum Gasteiger partial charge on any atom is -0.314 e.